The SMILES string of the molecule is CCOc1cc(/C=C(\C#N)C(=O)Nc2ccc(C)c(C)c2)cc(I)c1Cc1cc(C)cc(C)c1. The Morgan fingerprint density at radius 1 is 1.03 bits per heavy atom. The minimum absolute atomic E-state index is 0.0403. The second kappa shape index (κ2) is 11.3. The van der Waals surface area contributed by atoms with Crippen molar-refractivity contribution < 1.29 is 9.53 Å². The van der Waals surface area contributed by atoms with E-state index in [-0.39, 0.29) is 5.57 Å². The third kappa shape index (κ3) is 6.48. The van der Waals surface area contributed by atoms with Gasteiger partial charge < -0.3 is 10.1 Å². The number of carbonyl (C=O) groups is 1. The molecule has 1 N–H and O–H groups in total. The number of benzene rings is 3. The molecule has 0 bridgehead atoms. The van der Waals surface area contributed by atoms with Gasteiger partial charge in [-0.3, -0.25) is 4.79 Å². The minimum atomic E-state index is -0.432. The van der Waals surface area contributed by atoms with E-state index in [0.717, 1.165) is 38.0 Å². The molecule has 5 heteroatoms. The largest absolute Gasteiger partial charge is 0.494 e. The van der Waals surface area contributed by atoms with Crippen molar-refractivity contribution in [2.75, 3.05) is 11.9 Å². The maximum absolute atomic E-state index is 12.8. The van der Waals surface area contributed by atoms with E-state index in [1.165, 1.54) is 16.7 Å². The van der Waals surface area contributed by atoms with E-state index in [1.807, 2.05) is 57.2 Å². The summed E-state index contributed by atoms with van der Waals surface area (Å²) in [5.41, 5.74) is 8.48. The van der Waals surface area contributed by atoms with Crippen LogP contribution >= 0.6 is 22.6 Å². The highest BCUT2D eigenvalue weighted by molar-refractivity contribution is 14.1. The number of hydrogen-bond donors (Lipinski definition) is 1. The van der Waals surface area contributed by atoms with Gasteiger partial charge in [-0.25, -0.2) is 0 Å². The lowest BCUT2D eigenvalue weighted by atomic mass is 9.98. The Balaban J connectivity index is 1.92. The molecule has 0 aromatic heterocycles. The van der Waals surface area contributed by atoms with Crippen molar-refractivity contribution in [1.82, 2.24) is 0 Å². The first kappa shape index (κ1) is 25.5. The smallest absolute Gasteiger partial charge is 0.266 e. The second-order valence-electron chi connectivity index (χ2n) is 8.51. The predicted molar refractivity (Wildman–Crippen MR) is 147 cm³/mol. The van der Waals surface area contributed by atoms with Crippen LogP contribution in [0.4, 0.5) is 5.69 Å². The number of nitrogens with zero attached hydrogens (tertiary/aromatic N) is 1. The van der Waals surface area contributed by atoms with Gasteiger partial charge in [-0.05, 0) is 110 Å². The number of nitrogens with one attached hydrogen (secondary N) is 1. The standard InChI is InChI=1S/C29H29IN2O2/c1-6-34-28-16-23(15-27(30)26(28)14-22-10-18(2)9-19(3)11-22)13-24(17-31)29(33)32-25-8-7-20(4)21(5)12-25/h7-13,15-16H,6,14H2,1-5H3,(H,32,33)/b24-13+. The number of amides is 1. The lowest BCUT2D eigenvalue weighted by molar-refractivity contribution is -0.112. The Morgan fingerprint density at radius 2 is 1.74 bits per heavy atom. The van der Waals surface area contributed by atoms with Gasteiger partial charge in [-0.1, -0.05) is 35.4 Å². The first-order chi connectivity index (χ1) is 16.2. The van der Waals surface area contributed by atoms with E-state index in [4.69, 9.17) is 4.74 Å². The van der Waals surface area contributed by atoms with E-state index in [2.05, 4.69) is 60.0 Å². The van der Waals surface area contributed by atoms with Crippen LogP contribution in [0.2, 0.25) is 0 Å². The molecule has 0 heterocycles. The van der Waals surface area contributed by atoms with Gasteiger partial charge in [-0.15, -0.1) is 0 Å². The van der Waals surface area contributed by atoms with Gasteiger partial charge in [0.15, 0.2) is 0 Å². The lowest BCUT2D eigenvalue weighted by Crippen LogP contribution is -2.13. The molecule has 34 heavy (non-hydrogen) atoms. The number of nitriles is 1. The van der Waals surface area contributed by atoms with E-state index in [0.29, 0.717) is 12.3 Å². The van der Waals surface area contributed by atoms with Crippen LogP contribution in [0, 0.1) is 42.6 Å². The molecule has 0 aliphatic rings. The molecule has 0 spiro atoms. The second-order valence-corrected chi connectivity index (χ2v) is 9.67. The summed E-state index contributed by atoms with van der Waals surface area (Å²) in [6, 6.07) is 18.2. The average molecular weight is 564 g/mol. The number of ether oxygens (including phenoxy) is 1. The highest BCUT2D eigenvalue weighted by Gasteiger charge is 2.14. The van der Waals surface area contributed by atoms with Gasteiger partial charge >= 0.3 is 0 Å². The molecular weight excluding hydrogens is 535 g/mol. The average Bonchev–Trinajstić information content (AvgIpc) is 2.76. The first-order valence-electron chi connectivity index (χ1n) is 11.2. The van der Waals surface area contributed by atoms with Gasteiger partial charge in [0.1, 0.15) is 17.4 Å². The highest BCUT2D eigenvalue weighted by Crippen LogP contribution is 2.30. The molecule has 174 valence electrons. The van der Waals surface area contributed by atoms with Gasteiger partial charge in [0.2, 0.25) is 0 Å². The summed E-state index contributed by atoms with van der Waals surface area (Å²) in [6.07, 6.45) is 2.36. The molecular formula is C29H29IN2O2. The minimum Gasteiger partial charge on any atom is -0.494 e. The maximum Gasteiger partial charge on any atom is 0.266 e. The fraction of sp³-hybridized carbons (Fsp3) is 0.241. The van der Waals surface area contributed by atoms with Gasteiger partial charge in [0.25, 0.3) is 5.91 Å². The summed E-state index contributed by atoms with van der Waals surface area (Å²) in [5.74, 6) is 0.338. The summed E-state index contributed by atoms with van der Waals surface area (Å²) in [6.45, 7) is 10.7. The number of halogens is 1. The molecule has 4 nitrogen and oxygen atoms in total. The Kier molecular flexibility index (Phi) is 8.51. The topological polar surface area (TPSA) is 62.1 Å². The highest BCUT2D eigenvalue weighted by atomic mass is 127. The van der Waals surface area contributed by atoms with Crippen LogP contribution in [-0.4, -0.2) is 12.5 Å². The fourth-order valence-corrected chi connectivity index (χ4v) is 4.69. The van der Waals surface area contributed by atoms with Crippen molar-refractivity contribution >= 4 is 40.3 Å². The molecule has 0 unspecified atom stereocenters. The number of aryl methyl sites for hydroxylation is 4. The summed E-state index contributed by atoms with van der Waals surface area (Å²) < 4.78 is 7.00. The van der Waals surface area contributed by atoms with Crippen molar-refractivity contribution in [3.63, 3.8) is 0 Å². The monoisotopic (exact) mass is 564 g/mol. The zero-order chi connectivity index (χ0) is 24.8. The zero-order valence-electron chi connectivity index (χ0n) is 20.3. The zero-order valence-corrected chi connectivity index (χ0v) is 22.4. The first-order valence-corrected chi connectivity index (χ1v) is 12.3. The van der Waals surface area contributed by atoms with Crippen LogP contribution in [0.3, 0.4) is 0 Å². The molecule has 1 amide bonds. The number of carbonyl (C=O) groups excluding carboxylic acids is 1. The molecule has 0 saturated heterocycles. The number of rotatable bonds is 7. The van der Waals surface area contributed by atoms with E-state index < -0.39 is 5.91 Å². The van der Waals surface area contributed by atoms with Crippen LogP contribution in [0.25, 0.3) is 6.08 Å². The molecule has 0 aliphatic heterocycles. The number of anilines is 1. The number of hydrogen-bond acceptors (Lipinski definition) is 3. The third-order valence-corrected chi connectivity index (χ3v) is 6.54. The molecule has 3 rings (SSSR count). The molecule has 0 saturated carbocycles. The van der Waals surface area contributed by atoms with Crippen LogP contribution in [-0.2, 0) is 11.2 Å². The fourth-order valence-electron chi connectivity index (χ4n) is 3.88. The van der Waals surface area contributed by atoms with Gasteiger partial charge in [-0.2, -0.15) is 5.26 Å². The molecule has 0 aliphatic carbocycles. The molecule has 0 fully saturated rings. The normalized spacial score (nSPS) is 11.1. The van der Waals surface area contributed by atoms with E-state index in [9.17, 15) is 10.1 Å². The molecule has 3 aromatic rings. The Hall–Kier alpha value is -3.11. The van der Waals surface area contributed by atoms with Gasteiger partial charge in [0.05, 0.1) is 6.61 Å². The molecule has 0 radical (unpaired) electrons. The third-order valence-electron chi connectivity index (χ3n) is 5.58. The van der Waals surface area contributed by atoms with Crippen molar-refractivity contribution in [3.05, 3.63) is 96.6 Å². The van der Waals surface area contributed by atoms with E-state index in [1.54, 1.807) is 6.08 Å². The van der Waals surface area contributed by atoms with Crippen molar-refractivity contribution in [2.45, 2.75) is 41.0 Å². The van der Waals surface area contributed by atoms with Crippen LogP contribution in [0.15, 0.2) is 54.1 Å². The maximum atomic E-state index is 12.8. The van der Waals surface area contributed by atoms with E-state index >= 15 is 0 Å². The predicted octanol–water partition coefficient (Wildman–Crippen LogP) is 7.06. The van der Waals surface area contributed by atoms with Crippen molar-refractivity contribution in [1.29, 1.82) is 5.26 Å². The summed E-state index contributed by atoms with van der Waals surface area (Å²) in [7, 11) is 0. The van der Waals surface area contributed by atoms with Gasteiger partial charge in [0, 0.05) is 21.2 Å². The Morgan fingerprint density at radius 3 is 2.35 bits per heavy atom. The molecule has 3 aromatic carbocycles. The molecule has 0 atom stereocenters. The summed E-state index contributed by atoms with van der Waals surface area (Å²) >= 11 is 2.30. The summed E-state index contributed by atoms with van der Waals surface area (Å²) in [4.78, 5) is 12.8. The Labute approximate surface area is 215 Å². The summed E-state index contributed by atoms with van der Waals surface area (Å²) in [5, 5.41) is 12.5. The van der Waals surface area contributed by atoms with Crippen LogP contribution < -0.4 is 10.1 Å². The van der Waals surface area contributed by atoms with Crippen LogP contribution in [0.5, 0.6) is 5.75 Å². The van der Waals surface area contributed by atoms with Crippen molar-refractivity contribution in [2.24, 2.45) is 0 Å². The van der Waals surface area contributed by atoms with Crippen molar-refractivity contribution in [3.8, 4) is 11.8 Å². The Bertz CT molecular complexity index is 1280. The lowest BCUT2D eigenvalue weighted by Gasteiger charge is -2.15. The van der Waals surface area contributed by atoms with Crippen LogP contribution in [0.1, 0.15) is 45.9 Å². The quantitative estimate of drug-likeness (QED) is 0.190.